The van der Waals surface area contributed by atoms with Gasteiger partial charge in [0.15, 0.2) is 0 Å². The Kier molecular flexibility index (Phi) is 7.18. The zero-order valence-electron chi connectivity index (χ0n) is 12.8. The standard InChI is InChI=1S/C14H25N3O4/c1-4-5-16(10-11-21-3)14(20)17-8-6-15(7-9-17)12(2)13(18)19/h4,12H,1,5-11H2,2-3H3,(H,18,19). The average Bonchev–Trinajstić information content (AvgIpc) is 2.50. The molecule has 7 nitrogen and oxygen atoms in total. The molecule has 1 aliphatic rings. The van der Waals surface area contributed by atoms with Crippen LogP contribution in [0.5, 0.6) is 0 Å². The van der Waals surface area contributed by atoms with Crippen LogP contribution < -0.4 is 0 Å². The Bertz CT molecular complexity index is 367. The van der Waals surface area contributed by atoms with E-state index in [1.807, 2.05) is 4.90 Å². The molecule has 0 radical (unpaired) electrons. The van der Waals surface area contributed by atoms with Crippen LogP contribution in [0.4, 0.5) is 4.79 Å². The lowest BCUT2D eigenvalue weighted by molar-refractivity contribution is -0.143. The number of hydrogen-bond donors (Lipinski definition) is 1. The van der Waals surface area contributed by atoms with Crippen molar-refractivity contribution in [3.8, 4) is 0 Å². The molecule has 0 aromatic heterocycles. The summed E-state index contributed by atoms with van der Waals surface area (Å²) >= 11 is 0. The number of carbonyl (C=O) groups excluding carboxylic acids is 1. The molecule has 0 aliphatic carbocycles. The van der Waals surface area contributed by atoms with E-state index in [-0.39, 0.29) is 6.03 Å². The zero-order chi connectivity index (χ0) is 15.8. The Hall–Kier alpha value is -1.60. The molecule has 1 rings (SSSR count). The van der Waals surface area contributed by atoms with E-state index >= 15 is 0 Å². The number of aliphatic carboxylic acids is 1. The van der Waals surface area contributed by atoms with E-state index < -0.39 is 12.0 Å². The van der Waals surface area contributed by atoms with Gasteiger partial charge in [-0.05, 0) is 6.92 Å². The van der Waals surface area contributed by atoms with Gasteiger partial charge in [-0.3, -0.25) is 9.69 Å². The first-order chi connectivity index (χ1) is 10.0. The molecule has 0 aromatic carbocycles. The maximum Gasteiger partial charge on any atom is 0.320 e. The molecule has 1 aliphatic heterocycles. The highest BCUT2D eigenvalue weighted by atomic mass is 16.5. The monoisotopic (exact) mass is 299 g/mol. The van der Waals surface area contributed by atoms with Crippen molar-refractivity contribution in [2.24, 2.45) is 0 Å². The molecule has 0 bridgehead atoms. The fraction of sp³-hybridized carbons (Fsp3) is 0.714. The van der Waals surface area contributed by atoms with Crippen molar-refractivity contribution < 1.29 is 19.4 Å². The van der Waals surface area contributed by atoms with Gasteiger partial charge in [0.2, 0.25) is 0 Å². The third-order valence-electron chi connectivity index (χ3n) is 3.68. The molecule has 7 heteroatoms. The second-order valence-corrected chi connectivity index (χ2v) is 5.05. The fourth-order valence-corrected chi connectivity index (χ4v) is 2.28. The highest BCUT2D eigenvalue weighted by Crippen LogP contribution is 2.09. The summed E-state index contributed by atoms with van der Waals surface area (Å²) in [6, 6.07) is -0.561. The summed E-state index contributed by atoms with van der Waals surface area (Å²) in [7, 11) is 1.60. The van der Waals surface area contributed by atoms with Gasteiger partial charge in [0.05, 0.1) is 6.61 Å². The van der Waals surface area contributed by atoms with Gasteiger partial charge < -0.3 is 19.6 Å². The van der Waals surface area contributed by atoms with Crippen LogP contribution in [0.3, 0.4) is 0 Å². The molecule has 0 saturated carbocycles. The molecule has 1 N–H and O–H groups in total. The maximum absolute atomic E-state index is 12.4. The van der Waals surface area contributed by atoms with Crippen LogP contribution in [0.25, 0.3) is 0 Å². The summed E-state index contributed by atoms with van der Waals surface area (Å²) in [5, 5.41) is 9.01. The van der Waals surface area contributed by atoms with Gasteiger partial charge in [0.1, 0.15) is 6.04 Å². The largest absolute Gasteiger partial charge is 0.480 e. The SMILES string of the molecule is C=CCN(CCOC)C(=O)N1CCN(C(C)C(=O)O)CC1. The van der Waals surface area contributed by atoms with Crippen LogP contribution >= 0.6 is 0 Å². The predicted octanol–water partition coefficient (Wildman–Crippen LogP) is 0.332. The Morgan fingerprint density at radius 1 is 1.38 bits per heavy atom. The molecule has 1 unspecified atom stereocenters. The van der Waals surface area contributed by atoms with E-state index in [9.17, 15) is 9.59 Å². The van der Waals surface area contributed by atoms with Crippen LogP contribution in [0, 0.1) is 0 Å². The number of ether oxygens (including phenoxy) is 1. The minimum atomic E-state index is -0.830. The first-order valence-electron chi connectivity index (χ1n) is 7.11. The topological polar surface area (TPSA) is 73.3 Å². The van der Waals surface area contributed by atoms with Gasteiger partial charge in [-0.15, -0.1) is 6.58 Å². The number of nitrogens with zero attached hydrogens (tertiary/aromatic N) is 3. The normalized spacial score (nSPS) is 17.3. The highest BCUT2D eigenvalue weighted by Gasteiger charge is 2.28. The van der Waals surface area contributed by atoms with Crippen molar-refractivity contribution >= 4 is 12.0 Å². The first kappa shape index (κ1) is 17.5. The number of carboxylic acid groups (broad SMARTS) is 1. The van der Waals surface area contributed by atoms with Crippen molar-refractivity contribution in [2.45, 2.75) is 13.0 Å². The molecule has 1 fully saturated rings. The van der Waals surface area contributed by atoms with Crippen molar-refractivity contribution in [1.29, 1.82) is 0 Å². The van der Waals surface area contributed by atoms with Crippen molar-refractivity contribution in [2.75, 3.05) is 53.0 Å². The minimum Gasteiger partial charge on any atom is -0.480 e. The quantitative estimate of drug-likeness (QED) is 0.686. The molecule has 120 valence electrons. The maximum atomic E-state index is 12.4. The van der Waals surface area contributed by atoms with Crippen LogP contribution in [-0.4, -0.2) is 90.8 Å². The molecule has 1 heterocycles. The number of hydrogen-bond acceptors (Lipinski definition) is 4. The van der Waals surface area contributed by atoms with E-state index in [0.717, 1.165) is 0 Å². The second-order valence-electron chi connectivity index (χ2n) is 5.05. The third-order valence-corrected chi connectivity index (χ3v) is 3.68. The lowest BCUT2D eigenvalue weighted by atomic mass is 10.2. The summed E-state index contributed by atoms with van der Waals surface area (Å²) in [4.78, 5) is 28.7. The summed E-state index contributed by atoms with van der Waals surface area (Å²) < 4.78 is 5.01. The lowest BCUT2D eigenvalue weighted by Gasteiger charge is -2.38. The summed E-state index contributed by atoms with van der Waals surface area (Å²) in [6.45, 7) is 9.04. The number of urea groups is 1. The number of carboxylic acids is 1. The molecular formula is C14H25N3O4. The summed E-state index contributed by atoms with van der Waals surface area (Å²) in [6.07, 6.45) is 1.69. The molecule has 0 spiro atoms. The number of piperazine rings is 1. The van der Waals surface area contributed by atoms with Crippen LogP contribution in [0.15, 0.2) is 12.7 Å². The zero-order valence-corrected chi connectivity index (χ0v) is 12.8. The van der Waals surface area contributed by atoms with Crippen LogP contribution in [-0.2, 0) is 9.53 Å². The van der Waals surface area contributed by atoms with Crippen LogP contribution in [0.1, 0.15) is 6.92 Å². The van der Waals surface area contributed by atoms with Gasteiger partial charge in [-0.25, -0.2) is 4.79 Å². The Morgan fingerprint density at radius 2 is 2.00 bits per heavy atom. The van der Waals surface area contributed by atoms with Gasteiger partial charge in [-0.2, -0.15) is 0 Å². The third kappa shape index (κ3) is 5.02. The highest BCUT2D eigenvalue weighted by molar-refractivity contribution is 5.75. The van der Waals surface area contributed by atoms with Gasteiger partial charge in [0, 0.05) is 46.4 Å². The number of rotatable bonds is 7. The van der Waals surface area contributed by atoms with E-state index in [4.69, 9.17) is 9.84 Å². The van der Waals surface area contributed by atoms with E-state index in [2.05, 4.69) is 6.58 Å². The van der Waals surface area contributed by atoms with Crippen molar-refractivity contribution in [3.63, 3.8) is 0 Å². The number of amides is 2. The molecule has 1 saturated heterocycles. The Labute approximate surface area is 125 Å². The summed E-state index contributed by atoms with van der Waals surface area (Å²) in [5.74, 6) is -0.830. The molecule has 21 heavy (non-hydrogen) atoms. The smallest absolute Gasteiger partial charge is 0.320 e. The number of methoxy groups -OCH3 is 1. The van der Waals surface area contributed by atoms with Crippen LogP contribution in [0.2, 0.25) is 0 Å². The molecule has 2 amide bonds. The van der Waals surface area contributed by atoms with Gasteiger partial charge in [0.25, 0.3) is 0 Å². The van der Waals surface area contributed by atoms with Gasteiger partial charge >= 0.3 is 12.0 Å². The minimum absolute atomic E-state index is 0.0467. The van der Waals surface area contributed by atoms with E-state index in [1.165, 1.54) is 0 Å². The van der Waals surface area contributed by atoms with E-state index in [0.29, 0.717) is 45.9 Å². The van der Waals surface area contributed by atoms with Gasteiger partial charge in [-0.1, -0.05) is 6.08 Å². The fourth-order valence-electron chi connectivity index (χ4n) is 2.28. The number of carbonyl (C=O) groups is 2. The molecule has 0 aromatic rings. The Morgan fingerprint density at radius 3 is 2.48 bits per heavy atom. The van der Waals surface area contributed by atoms with Crippen molar-refractivity contribution in [1.82, 2.24) is 14.7 Å². The predicted molar refractivity (Wildman–Crippen MR) is 79.3 cm³/mol. The average molecular weight is 299 g/mol. The first-order valence-corrected chi connectivity index (χ1v) is 7.11. The van der Waals surface area contributed by atoms with Crippen molar-refractivity contribution in [3.05, 3.63) is 12.7 Å². The van der Waals surface area contributed by atoms with E-state index in [1.54, 1.807) is 29.9 Å². The summed E-state index contributed by atoms with van der Waals surface area (Å²) in [5.41, 5.74) is 0. The second kappa shape index (κ2) is 8.63. The Balaban J connectivity index is 2.52. The molecule has 1 atom stereocenters. The lowest BCUT2D eigenvalue weighted by Crippen LogP contribution is -2.56. The molecular weight excluding hydrogens is 274 g/mol.